The predicted octanol–water partition coefficient (Wildman–Crippen LogP) is 4.28. The van der Waals surface area contributed by atoms with Crippen LogP contribution < -0.4 is 5.32 Å². The van der Waals surface area contributed by atoms with E-state index in [4.69, 9.17) is 5.10 Å². The lowest BCUT2D eigenvalue weighted by Gasteiger charge is -2.32. The van der Waals surface area contributed by atoms with Gasteiger partial charge in [-0.15, -0.1) is 0 Å². The van der Waals surface area contributed by atoms with Gasteiger partial charge < -0.3 is 10.2 Å². The minimum atomic E-state index is -0.130. The molecule has 5 rings (SSSR count). The van der Waals surface area contributed by atoms with Crippen LogP contribution >= 0.6 is 0 Å². The first-order valence-corrected chi connectivity index (χ1v) is 14.1. The zero-order chi connectivity index (χ0) is 29.1. The maximum Gasteiger partial charge on any atom is 0.167 e. The largest absolute Gasteiger partial charge is 0.339 e. The van der Waals surface area contributed by atoms with Gasteiger partial charge in [0.1, 0.15) is 12.1 Å². The number of likely N-dealkylation sites (N-methyl/N-ethyl adjacent to an activating group) is 1. The van der Waals surface area contributed by atoms with Crippen molar-refractivity contribution in [1.29, 1.82) is 0 Å². The third-order valence-corrected chi connectivity index (χ3v) is 7.36. The molecule has 4 aromatic heterocycles. The van der Waals surface area contributed by atoms with Crippen molar-refractivity contribution in [1.82, 2.24) is 39.5 Å². The molecule has 41 heavy (non-hydrogen) atoms. The molecule has 0 unspecified atom stereocenters. The maximum atomic E-state index is 13.2. The third-order valence-electron chi connectivity index (χ3n) is 7.36. The Bertz CT molecular complexity index is 1530. The Balaban J connectivity index is 1.34. The standard InChI is InChI=1S/C31H39N9O/c1-21-13-30(40(37-21)29-17-25(34-20-35-29)19-39-11-9-38(6)10-12-39)36-26-14-23(18-33-22(26)2)15-27(41)24-7-8-32-28(16-24)31(3,4)5/h7-8,13-14,16-18,20,36H,9-12,15,19H2,1-6H3. The van der Waals surface area contributed by atoms with Crippen molar-refractivity contribution in [3.63, 3.8) is 0 Å². The second-order valence-corrected chi connectivity index (χ2v) is 11.9. The van der Waals surface area contributed by atoms with Gasteiger partial charge in [0.05, 0.1) is 22.8 Å². The summed E-state index contributed by atoms with van der Waals surface area (Å²) >= 11 is 0. The lowest BCUT2D eigenvalue weighted by molar-refractivity contribution is 0.0992. The van der Waals surface area contributed by atoms with Crippen molar-refractivity contribution in [3.05, 3.63) is 83.0 Å². The van der Waals surface area contributed by atoms with Crippen molar-refractivity contribution >= 4 is 17.3 Å². The molecule has 4 aromatic rings. The van der Waals surface area contributed by atoms with Crippen LogP contribution in [0.2, 0.25) is 0 Å². The minimum absolute atomic E-state index is 0.0317. The van der Waals surface area contributed by atoms with E-state index in [9.17, 15) is 4.79 Å². The maximum absolute atomic E-state index is 13.2. The molecule has 0 radical (unpaired) electrons. The summed E-state index contributed by atoms with van der Waals surface area (Å²) in [4.78, 5) is 36.0. The van der Waals surface area contributed by atoms with Crippen LogP contribution in [0.1, 0.15) is 59.5 Å². The Labute approximate surface area is 241 Å². The van der Waals surface area contributed by atoms with E-state index >= 15 is 0 Å². The molecule has 1 aliphatic heterocycles. The highest BCUT2D eigenvalue weighted by molar-refractivity contribution is 5.97. The van der Waals surface area contributed by atoms with E-state index in [1.54, 1.807) is 29.5 Å². The molecule has 10 heteroatoms. The van der Waals surface area contributed by atoms with Crippen LogP contribution in [0.5, 0.6) is 0 Å². The monoisotopic (exact) mass is 553 g/mol. The zero-order valence-corrected chi connectivity index (χ0v) is 24.8. The van der Waals surface area contributed by atoms with Gasteiger partial charge in [0.25, 0.3) is 0 Å². The van der Waals surface area contributed by atoms with E-state index in [0.717, 1.165) is 72.6 Å². The van der Waals surface area contributed by atoms with E-state index in [0.29, 0.717) is 11.4 Å². The Morgan fingerprint density at radius 1 is 0.976 bits per heavy atom. The normalized spacial score (nSPS) is 14.8. The number of rotatable bonds is 8. The molecule has 0 atom stereocenters. The summed E-state index contributed by atoms with van der Waals surface area (Å²) in [5, 5.41) is 8.19. The van der Waals surface area contributed by atoms with Crippen molar-refractivity contribution < 1.29 is 4.79 Å². The molecule has 214 valence electrons. The van der Waals surface area contributed by atoms with Gasteiger partial charge in [0, 0.05) is 80.3 Å². The van der Waals surface area contributed by atoms with Crippen LogP contribution in [0.15, 0.2) is 49.1 Å². The molecule has 1 aliphatic rings. The smallest absolute Gasteiger partial charge is 0.167 e. The number of anilines is 2. The van der Waals surface area contributed by atoms with E-state index in [1.807, 2.05) is 38.1 Å². The number of aryl methyl sites for hydroxylation is 2. The molecule has 0 aliphatic carbocycles. The SMILES string of the molecule is Cc1cc(Nc2cc(CC(=O)c3ccnc(C(C)(C)C)c3)cnc2C)n(-c2cc(CN3CCN(C)CC3)ncn2)n1. The summed E-state index contributed by atoms with van der Waals surface area (Å²) in [6.45, 7) is 15.1. The van der Waals surface area contributed by atoms with Gasteiger partial charge in [-0.3, -0.25) is 19.7 Å². The van der Waals surface area contributed by atoms with Gasteiger partial charge in [-0.05, 0) is 44.7 Å². The molecule has 1 saturated heterocycles. The van der Waals surface area contributed by atoms with Gasteiger partial charge in [-0.25, -0.2) is 9.97 Å². The molecule has 1 fully saturated rings. The molecule has 0 saturated carbocycles. The Morgan fingerprint density at radius 3 is 2.51 bits per heavy atom. The van der Waals surface area contributed by atoms with E-state index in [1.165, 1.54) is 0 Å². The van der Waals surface area contributed by atoms with Crippen molar-refractivity contribution in [2.24, 2.45) is 0 Å². The first kappa shape index (κ1) is 28.5. The summed E-state index contributed by atoms with van der Waals surface area (Å²) in [7, 11) is 2.16. The topological polar surface area (TPSA) is 105 Å². The van der Waals surface area contributed by atoms with E-state index in [2.05, 4.69) is 62.9 Å². The number of hydrogen-bond donors (Lipinski definition) is 1. The van der Waals surface area contributed by atoms with Crippen LogP contribution in [-0.4, -0.2) is 78.5 Å². The number of carbonyl (C=O) groups excluding carboxylic acids is 1. The number of Topliss-reactive ketones (excluding diaryl/α,β-unsaturated/α-hetero) is 1. The number of carbonyl (C=O) groups is 1. The van der Waals surface area contributed by atoms with Gasteiger partial charge in [-0.1, -0.05) is 20.8 Å². The number of hydrogen-bond acceptors (Lipinski definition) is 9. The van der Waals surface area contributed by atoms with Crippen LogP contribution in [0, 0.1) is 13.8 Å². The fraction of sp³-hybridized carbons (Fsp3) is 0.419. The second-order valence-electron chi connectivity index (χ2n) is 11.9. The second kappa shape index (κ2) is 11.8. The summed E-state index contributed by atoms with van der Waals surface area (Å²) in [6.07, 6.45) is 5.32. The Hall–Kier alpha value is -4.02. The van der Waals surface area contributed by atoms with Crippen molar-refractivity contribution in [2.75, 3.05) is 38.5 Å². The highest BCUT2D eigenvalue weighted by Crippen LogP contribution is 2.25. The number of nitrogens with zero attached hydrogens (tertiary/aromatic N) is 8. The van der Waals surface area contributed by atoms with Gasteiger partial charge in [0.2, 0.25) is 0 Å². The van der Waals surface area contributed by atoms with Crippen LogP contribution in [0.3, 0.4) is 0 Å². The third kappa shape index (κ3) is 7.01. The van der Waals surface area contributed by atoms with Crippen molar-refractivity contribution in [2.45, 2.75) is 53.0 Å². The molecule has 1 N–H and O–H groups in total. The predicted molar refractivity (Wildman–Crippen MR) is 160 cm³/mol. The van der Waals surface area contributed by atoms with Crippen LogP contribution in [-0.2, 0) is 18.4 Å². The highest BCUT2D eigenvalue weighted by atomic mass is 16.1. The summed E-state index contributed by atoms with van der Waals surface area (Å²) in [6, 6.07) is 9.63. The molecular weight excluding hydrogens is 514 g/mol. The van der Waals surface area contributed by atoms with Gasteiger partial charge in [0.15, 0.2) is 11.6 Å². The summed E-state index contributed by atoms with van der Waals surface area (Å²) < 4.78 is 1.80. The number of ketones is 1. The average molecular weight is 554 g/mol. The quantitative estimate of drug-likeness (QED) is 0.320. The molecule has 0 amide bonds. The van der Waals surface area contributed by atoms with Crippen LogP contribution in [0.25, 0.3) is 5.82 Å². The highest BCUT2D eigenvalue weighted by Gasteiger charge is 2.19. The lowest BCUT2D eigenvalue weighted by atomic mass is 9.90. The number of pyridine rings is 2. The molecular formula is C31H39N9O. The van der Waals surface area contributed by atoms with Gasteiger partial charge >= 0.3 is 0 Å². The number of nitrogens with one attached hydrogen (secondary N) is 1. The van der Waals surface area contributed by atoms with Crippen LogP contribution in [0.4, 0.5) is 11.5 Å². The minimum Gasteiger partial charge on any atom is -0.339 e. The fourth-order valence-corrected chi connectivity index (χ4v) is 4.83. The zero-order valence-electron chi connectivity index (χ0n) is 24.8. The summed E-state index contributed by atoms with van der Waals surface area (Å²) in [5.41, 5.74) is 5.71. The number of piperazine rings is 1. The number of aromatic nitrogens is 6. The molecule has 0 aromatic carbocycles. The van der Waals surface area contributed by atoms with Gasteiger partial charge in [-0.2, -0.15) is 9.78 Å². The first-order valence-electron chi connectivity index (χ1n) is 14.1. The fourth-order valence-electron chi connectivity index (χ4n) is 4.83. The Kier molecular flexibility index (Phi) is 8.23. The average Bonchev–Trinajstić information content (AvgIpc) is 3.31. The van der Waals surface area contributed by atoms with E-state index in [-0.39, 0.29) is 17.6 Å². The molecule has 0 spiro atoms. The molecule has 0 bridgehead atoms. The summed E-state index contributed by atoms with van der Waals surface area (Å²) in [5.74, 6) is 1.50. The lowest BCUT2D eigenvalue weighted by Crippen LogP contribution is -2.44. The van der Waals surface area contributed by atoms with Crippen molar-refractivity contribution in [3.8, 4) is 5.82 Å². The molecule has 5 heterocycles. The first-order chi connectivity index (χ1) is 19.5. The molecule has 10 nitrogen and oxygen atoms in total. The van der Waals surface area contributed by atoms with E-state index < -0.39 is 0 Å². The Morgan fingerprint density at radius 2 is 1.76 bits per heavy atom.